The summed E-state index contributed by atoms with van der Waals surface area (Å²) in [5, 5.41) is 3.40. The van der Waals surface area contributed by atoms with Crippen LogP contribution < -0.4 is 5.32 Å². The Hall–Kier alpha value is -2.59. The third-order valence-corrected chi connectivity index (χ3v) is 3.74. The van der Waals surface area contributed by atoms with Gasteiger partial charge in [0.2, 0.25) is 5.91 Å². The van der Waals surface area contributed by atoms with Gasteiger partial charge in [-0.1, -0.05) is 41.9 Å². The van der Waals surface area contributed by atoms with Crippen molar-refractivity contribution in [3.8, 4) is 0 Å². The van der Waals surface area contributed by atoms with Crippen LogP contribution in [0.3, 0.4) is 0 Å². The molecule has 0 radical (unpaired) electrons. The number of carbonyl (C=O) groups is 2. The van der Waals surface area contributed by atoms with Crippen molar-refractivity contribution < 1.29 is 9.59 Å². The van der Waals surface area contributed by atoms with E-state index >= 15 is 0 Å². The van der Waals surface area contributed by atoms with Crippen LogP contribution in [0.5, 0.6) is 0 Å². The Kier molecular flexibility index (Phi) is 6.15. The van der Waals surface area contributed by atoms with Crippen molar-refractivity contribution in [1.82, 2.24) is 10.2 Å². The molecule has 0 unspecified atom stereocenters. The van der Waals surface area contributed by atoms with Gasteiger partial charge in [0, 0.05) is 37.3 Å². The second kappa shape index (κ2) is 8.31. The topological polar surface area (TPSA) is 49.4 Å². The fraction of sp³-hybridized carbons (Fsp3) is 0.158. The second-order valence-corrected chi connectivity index (χ2v) is 5.88. The van der Waals surface area contributed by atoms with Gasteiger partial charge in [0.15, 0.2) is 0 Å². The average Bonchev–Trinajstić information content (AvgIpc) is 2.59. The highest BCUT2D eigenvalue weighted by molar-refractivity contribution is 6.32. The molecule has 2 amide bonds. The van der Waals surface area contributed by atoms with E-state index in [4.69, 9.17) is 11.6 Å². The molecule has 0 aliphatic rings. The van der Waals surface area contributed by atoms with E-state index in [-0.39, 0.29) is 11.8 Å². The van der Waals surface area contributed by atoms with Gasteiger partial charge >= 0.3 is 0 Å². The summed E-state index contributed by atoms with van der Waals surface area (Å²) in [5.41, 5.74) is 2.33. The predicted molar refractivity (Wildman–Crippen MR) is 96.8 cm³/mol. The lowest BCUT2D eigenvalue weighted by atomic mass is 10.1. The molecule has 0 bridgehead atoms. The van der Waals surface area contributed by atoms with Crippen molar-refractivity contribution in [3.05, 3.63) is 76.3 Å². The Morgan fingerprint density at radius 1 is 1.08 bits per heavy atom. The summed E-state index contributed by atoms with van der Waals surface area (Å²) in [6.45, 7) is 0.391. The maximum absolute atomic E-state index is 11.9. The van der Waals surface area contributed by atoms with Crippen LogP contribution in [0.15, 0.2) is 54.6 Å². The van der Waals surface area contributed by atoms with E-state index in [1.165, 1.54) is 11.0 Å². The fourth-order valence-electron chi connectivity index (χ4n) is 2.05. The smallest absolute Gasteiger partial charge is 0.253 e. The quantitative estimate of drug-likeness (QED) is 0.847. The van der Waals surface area contributed by atoms with Crippen LogP contribution in [-0.4, -0.2) is 30.8 Å². The summed E-state index contributed by atoms with van der Waals surface area (Å²) in [6, 6.07) is 14.5. The molecule has 124 valence electrons. The Morgan fingerprint density at radius 3 is 2.38 bits per heavy atom. The molecule has 4 nitrogen and oxygen atoms in total. The monoisotopic (exact) mass is 342 g/mol. The lowest BCUT2D eigenvalue weighted by Gasteiger charge is -2.10. The molecule has 0 heterocycles. The van der Waals surface area contributed by atoms with Crippen LogP contribution in [0, 0.1) is 0 Å². The number of halogens is 1. The van der Waals surface area contributed by atoms with E-state index in [9.17, 15) is 9.59 Å². The first-order chi connectivity index (χ1) is 11.5. The summed E-state index contributed by atoms with van der Waals surface area (Å²) in [7, 11) is 3.42. The Morgan fingerprint density at radius 2 is 1.75 bits per heavy atom. The molecular weight excluding hydrogens is 324 g/mol. The maximum atomic E-state index is 11.9. The number of benzene rings is 2. The number of hydrogen-bond acceptors (Lipinski definition) is 2. The third kappa shape index (κ3) is 4.96. The number of hydrogen-bond donors (Lipinski definition) is 1. The Bertz CT molecular complexity index is 752. The standard InChI is InChI=1S/C19H19ClN2O2/c1-22(2)19(24)16-9-7-14(8-10-16)13-21-18(23)12-11-15-5-3-4-6-17(15)20/h3-12H,13H2,1-2H3,(H,21,23)/b12-11+. The third-order valence-electron chi connectivity index (χ3n) is 3.39. The molecule has 24 heavy (non-hydrogen) atoms. The second-order valence-electron chi connectivity index (χ2n) is 5.47. The molecule has 0 aliphatic carbocycles. The first-order valence-corrected chi connectivity index (χ1v) is 7.86. The fourth-order valence-corrected chi connectivity index (χ4v) is 2.25. The van der Waals surface area contributed by atoms with Crippen molar-refractivity contribution >= 4 is 29.5 Å². The van der Waals surface area contributed by atoms with Crippen molar-refractivity contribution in [2.75, 3.05) is 14.1 Å². The van der Waals surface area contributed by atoms with Gasteiger partial charge in [-0.3, -0.25) is 9.59 Å². The zero-order chi connectivity index (χ0) is 17.5. The zero-order valence-electron chi connectivity index (χ0n) is 13.6. The first-order valence-electron chi connectivity index (χ1n) is 7.48. The summed E-state index contributed by atoms with van der Waals surface area (Å²) < 4.78 is 0. The van der Waals surface area contributed by atoms with Gasteiger partial charge in [-0.2, -0.15) is 0 Å². The van der Waals surface area contributed by atoms with E-state index in [1.54, 1.807) is 38.4 Å². The largest absolute Gasteiger partial charge is 0.348 e. The van der Waals surface area contributed by atoms with Gasteiger partial charge in [-0.15, -0.1) is 0 Å². The van der Waals surface area contributed by atoms with Crippen LogP contribution in [0.2, 0.25) is 5.02 Å². The summed E-state index contributed by atoms with van der Waals surface area (Å²) in [4.78, 5) is 25.2. The number of nitrogens with one attached hydrogen (secondary N) is 1. The summed E-state index contributed by atoms with van der Waals surface area (Å²) >= 11 is 6.03. The van der Waals surface area contributed by atoms with E-state index in [0.29, 0.717) is 17.1 Å². The van der Waals surface area contributed by atoms with E-state index in [1.807, 2.05) is 30.3 Å². The molecule has 2 rings (SSSR count). The van der Waals surface area contributed by atoms with Crippen LogP contribution in [0.4, 0.5) is 0 Å². The van der Waals surface area contributed by atoms with Crippen LogP contribution >= 0.6 is 11.6 Å². The molecule has 0 aliphatic heterocycles. The molecular formula is C19H19ClN2O2. The zero-order valence-corrected chi connectivity index (χ0v) is 14.4. The van der Waals surface area contributed by atoms with Gasteiger partial charge in [0.1, 0.15) is 0 Å². The van der Waals surface area contributed by atoms with Crippen molar-refractivity contribution in [2.24, 2.45) is 0 Å². The van der Waals surface area contributed by atoms with Gasteiger partial charge in [0.05, 0.1) is 0 Å². The highest BCUT2D eigenvalue weighted by Crippen LogP contribution is 2.16. The highest BCUT2D eigenvalue weighted by atomic mass is 35.5. The maximum Gasteiger partial charge on any atom is 0.253 e. The number of carbonyl (C=O) groups excluding carboxylic acids is 2. The summed E-state index contributed by atoms with van der Waals surface area (Å²) in [5.74, 6) is -0.253. The van der Waals surface area contributed by atoms with Gasteiger partial charge in [0.25, 0.3) is 5.91 Å². The summed E-state index contributed by atoms with van der Waals surface area (Å²) in [6.07, 6.45) is 3.13. The molecule has 2 aromatic rings. The van der Waals surface area contributed by atoms with E-state index in [2.05, 4.69) is 5.32 Å². The number of amides is 2. The number of rotatable bonds is 5. The molecule has 0 atom stereocenters. The van der Waals surface area contributed by atoms with E-state index < -0.39 is 0 Å². The van der Waals surface area contributed by atoms with Crippen LogP contribution in [-0.2, 0) is 11.3 Å². The molecule has 1 N–H and O–H groups in total. The normalized spacial score (nSPS) is 10.6. The lowest BCUT2D eigenvalue weighted by molar-refractivity contribution is -0.116. The molecule has 0 aromatic heterocycles. The Balaban J connectivity index is 1.90. The molecule has 0 spiro atoms. The van der Waals surface area contributed by atoms with Crippen LogP contribution in [0.1, 0.15) is 21.5 Å². The van der Waals surface area contributed by atoms with Crippen molar-refractivity contribution in [1.29, 1.82) is 0 Å². The predicted octanol–water partition coefficient (Wildman–Crippen LogP) is 3.37. The van der Waals surface area contributed by atoms with Gasteiger partial charge < -0.3 is 10.2 Å². The molecule has 2 aromatic carbocycles. The average molecular weight is 343 g/mol. The minimum atomic E-state index is -0.205. The Labute approximate surface area is 146 Å². The minimum absolute atomic E-state index is 0.0479. The van der Waals surface area contributed by atoms with Gasteiger partial charge in [-0.05, 0) is 35.4 Å². The highest BCUT2D eigenvalue weighted by Gasteiger charge is 2.07. The molecule has 0 fully saturated rings. The SMILES string of the molecule is CN(C)C(=O)c1ccc(CNC(=O)/C=C/c2ccccc2Cl)cc1. The van der Waals surface area contributed by atoms with E-state index in [0.717, 1.165) is 11.1 Å². The van der Waals surface area contributed by atoms with Crippen molar-refractivity contribution in [3.63, 3.8) is 0 Å². The number of nitrogens with zero attached hydrogens (tertiary/aromatic N) is 1. The first kappa shape index (κ1) is 17.8. The molecule has 5 heteroatoms. The molecule has 0 saturated carbocycles. The van der Waals surface area contributed by atoms with Crippen LogP contribution in [0.25, 0.3) is 6.08 Å². The van der Waals surface area contributed by atoms with Crippen molar-refractivity contribution in [2.45, 2.75) is 6.54 Å². The van der Waals surface area contributed by atoms with Gasteiger partial charge in [-0.25, -0.2) is 0 Å². The molecule has 0 saturated heterocycles. The lowest BCUT2D eigenvalue weighted by Crippen LogP contribution is -2.22. The minimum Gasteiger partial charge on any atom is -0.348 e.